The Hall–Kier alpha value is -2.30. The SMILES string of the molecule is CC(C)=CCOc1cccc(C(=O)N2CCCC2(C)C(=O)O)c1. The minimum atomic E-state index is -1.13. The molecule has 1 N–H and O–H groups in total. The Morgan fingerprint density at radius 2 is 2.13 bits per heavy atom. The number of carbonyl (C=O) groups is 2. The number of nitrogens with zero attached hydrogens (tertiary/aromatic N) is 1. The first-order valence-corrected chi connectivity index (χ1v) is 7.76. The molecular formula is C18H23NO4. The number of likely N-dealkylation sites (tertiary alicyclic amines) is 1. The molecule has 1 amide bonds. The van der Waals surface area contributed by atoms with Gasteiger partial charge in [-0.05, 0) is 57.9 Å². The van der Waals surface area contributed by atoms with Gasteiger partial charge in [0.2, 0.25) is 0 Å². The summed E-state index contributed by atoms with van der Waals surface area (Å²) in [6, 6.07) is 6.90. The molecule has 0 aromatic heterocycles. The molecule has 1 unspecified atom stereocenters. The van der Waals surface area contributed by atoms with Gasteiger partial charge in [0.1, 0.15) is 17.9 Å². The van der Waals surface area contributed by atoms with Gasteiger partial charge in [0.05, 0.1) is 0 Å². The molecule has 1 saturated heterocycles. The second-order valence-corrected chi connectivity index (χ2v) is 6.26. The first kappa shape index (κ1) is 17.1. The summed E-state index contributed by atoms with van der Waals surface area (Å²) < 4.78 is 5.61. The van der Waals surface area contributed by atoms with Crippen LogP contribution in [0.15, 0.2) is 35.9 Å². The number of carboxylic acid groups (broad SMARTS) is 1. The molecule has 0 saturated carbocycles. The molecule has 0 bridgehead atoms. The zero-order valence-corrected chi connectivity index (χ0v) is 13.8. The fraction of sp³-hybridized carbons (Fsp3) is 0.444. The number of amides is 1. The van der Waals surface area contributed by atoms with Crippen molar-refractivity contribution in [2.24, 2.45) is 0 Å². The van der Waals surface area contributed by atoms with Gasteiger partial charge >= 0.3 is 5.97 Å². The molecule has 1 aliphatic rings. The van der Waals surface area contributed by atoms with Crippen molar-refractivity contribution in [3.8, 4) is 5.75 Å². The summed E-state index contributed by atoms with van der Waals surface area (Å²) in [6.07, 6.45) is 3.13. The van der Waals surface area contributed by atoms with Crippen LogP contribution in [-0.4, -0.2) is 40.6 Å². The molecule has 1 atom stereocenters. The predicted molar refractivity (Wildman–Crippen MR) is 87.7 cm³/mol. The van der Waals surface area contributed by atoms with Crippen LogP contribution in [0.4, 0.5) is 0 Å². The molecule has 124 valence electrons. The highest BCUT2D eigenvalue weighted by Crippen LogP contribution is 2.31. The summed E-state index contributed by atoms with van der Waals surface area (Å²) >= 11 is 0. The van der Waals surface area contributed by atoms with Crippen molar-refractivity contribution in [1.29, 1.82) is 0 Å². The van der Waals surface area contributed by atoms with Crippen LogP contribution in [0.1, 0.15) is 44.0 Å². The van der Waals surface area contributed by atoms with E-state index in [2.05, 4.69) is 0 Å². The van der Waals surface area contributed by atoms with E-state index in [1.807, 2.05) is 19.9 Å². The fourth-order valence-electron chi connectivity index (χ4n) is 2.69. The average Bonchev–Trinajstić information content (AvgIpc) is 2.90. The highest BCUT2D eigenvalue weighted by atomic mass is 16.5. The summed E-state index contributed by atoms with van der Waals surface area (Å²) in [6.45, 7) is 6.49. The van der Waals surface area contributed by atoms with Crippen LogP contribution in [0.3, 0.4) is 0 Å². The number of allylic oxidation sites excluding steroid dienone is 1. The van der Waals surface area contributed by atoms with E-state index in [0.717, 1.165) is 5.57 Å². The van der Waals surface area contributed by atoms with Gasteiger partial charge in [-0.2, -0.15) is 0 Å². The Balaban J connectivity index is 2.16. The number of hydrogen-bond acceptors (Lipinski definition) is 3. The predicted octanol–water partition coefficient (Wildman–Crippen LogP) is 3.11. The molecule has 0 spiro atoms. The van der Waals surface area contributed by atoms with Gasteiger partial charge in [-0.15, -0.1) is 0 Å². The average molecular weight is 317 g/mol. The van der Waals surface area contributed by atoms with Gasteiger partial charge in [-0.3, -0.25) is 4.79 Å². The quantitative estimate of drug-likeness (QED) is 0.847. The van der Waals surface area contributed by atoms with E-state index in [4.69, 9.17) is 4.74 Å². The van der Waals surface area contributed by atoms with E-state index in [1.165, 1.54) is 4.90 Å². The van der Waals surface area contributed by atoms with Crippen LogP contribution in [0.25, 0.3) is 0 Å². The van der Waals surface area contributed by atoms with Crippen molar-refractivity contribution in [2.75, 3.05) is 13.2 Å². The Kier molecular flexibility index (Phi) is 5.08. The summed E-state index contributed by atoms with van der Waals surface area (Å²) in [4.78, 5) is 25.7. The molecular weight excluding hydrogens is 294 g/mol. The van der Waals surface area contributed by atoms with Crippen LogP contribution in [-0.2, 0) is 4.79 Å². The van der Waals surface area contributed by atoms with Crippen molar-refractivity contribution in [3.05, 3.63) is 41.5 Å². The lowest BCUT2D eigenvalue weighted by Crippen LogP contribution is -2.50. The van der Waals surface area contributed by atoms with E-state index >= 15 is 0 Å². The highest BCUT2D eigenvalue weighted by molar-refractivity contribution is 5.98. The van der Waals surface area contributed by atoms with Crippen LogP contribution in [0.5, 0.6) is 5.75 Å². The standard InChI is InChI=1S/C18H23NO4/c1-13(2)8-11-23-15-7-4-6-14(12-15)16(20)19-10-5-9-18(19,3)17(21)22/h4,6-8,12H,5,9-11H2,1-3H3,(H,21,22). The second-order valence-electron chi connectivity index (χ2n) is 6.26. The molecule has 0 aliphatic carbocycles. The summed E-state index contributed by atoms with van der Waals surface area (Å²) in [5.41, 5.74) is 0.483. The van der Waals surface area contributed by atoms with Crippen molar-refractivity contribution in [3.63, 3.8) is 0 Å². The molecule has 0 radical (unpaired) electrons. The van der Waals surface area contributed by atoms with Crippen LogP contribution >= 0.6 is 0 Å². The van der Waals surface area contributed by atoms with Gasteiger partial charge < -0.3 is 14.7 Å². The van der Waals surface area contributed by atoms with Crippen molar-refractivity contribution < 1.29 is 19.4 Å². The molecule has 1 fully saturated rings. The van der Waals surface area contributed by atoms with E-state index in [0.29, 0.717) is 37.3 Å². The Bertz CT molecular complexity index is 634. The minimum absolute atomic E-state index is 0.264. The number of rotatable bonds is 5. The van der Waals surface area contributed by atoms with Crippen LogP contribution in [0, 0.1) is 0 Å². The highest BCUT2D eigenvalue weighted by Gasteiger charge is 2.46. The van der Waals surface area contributed by atoms with Crippen LogP contribution < -0.4 is 4.74 Å². The molecule has 1 aliphatic heterocycles. The summed E-state index contributed by atoms with van der Waals surface area (Å²) in [7, 11) is 0. The zero-order valence-electron chi connectivity index (χ0n) is 13.8. The Morgan fingerprint density at radius 3 is 2.78 bits per heavy atom. The Labute approximate surface area is 136 Å². The largest absolute Gasteiger partial charge is 0.490 e. The first-order chi connectivity index (χ1) is 10.8. The smallest absolute Gasteiger partial charge is 0.329 e. The van der Waals surface area contributed by atoms with E-state index < -0.39 is 11.5 Å². The molecule has 2 rings (SSSR count). The third-order valence-electron chi connectivity index (χ3n) is 4.17. The molecule has 5 nitrogen and oxygen atoms in total. The lowest BCUT2D eigenvalue weighted by molar-refractivity contribution is -0.147. The maximum Gasteiger partial charge on any atom is 0.329 e. The number of aliphatic carboxylic acids is 1. The molecule has 1 aromatic carbocycles. The molecule has 1 aromatic rings. The van der Waals surface area contributed by atoms with Gasteiger partial charge in [0.25, 0.3) is 5.91 Å². The van der Waals surface area contributed by atoms with Gasteiger partial charge in [0.15, 0.2) is 0 Å². The van der Waals surface area contributed by atoms with Gasteiger partial charge in [-0.25, -0.2) is 4.79 Å². The lowest BCUT2D eigenvalue weighted by Gasteiger charge is -2.31. The number of carboxylic acids is 1. The number of ether oxygens (including phenoxy) is 1. The zero-order chi connectivity index (χ0) is 17.0. The van der Waals surface area contributed by atoms with Crippen molar-refractivity contribution in [1.82, 2.24) is 4.90 Å². The minimum Gasteiger partial charge on any atom is -0.490 e. The summed E-state index contributed by atoms with van der Waals surface area (Å²) in [5, 5.41) is 9.44. The molecule has 1 heterocycles. The van der Waals surface area contributed by atoms with Gasteiger partial charge in [-0.1, -0.05) is 11.6 Å². The maximum atomic E-state index is 12.7. The first-order valence-electron chi connectivity index (χ1n) is 7.76. The molecule has 5 heteroatoms. The fourth-order valence-corrected chi connectivity index (χ4v) is 2.69. The topological polar surface area (TPSA) is 66.8 Å². The van der Waals surface area contributed by atoms with Crippen molar-refractivity contribution in [2.45, 2.75) is 39.2 Å². The van der Waals surface area contributed by atoms with Crippen LogP contribution in [0.2, 0.25) is 0 Å². The molecule has 23 heavy (non-hydrogen) atoms. The number of carbonyl (C=O) groups excluding carboxylic acids is 1. The van der Waals surface area contributed by atoms with E-state index in [-0.39, 0.29) is 5.91 Å². The van der Waals surface area contributed by atoms with E-state index in [1.54, 1.807) is 31.2 Å². The normalized spacial score (nSPS) is 20.2. The number of hydrogen-bond donors (Lipinski definition) is 1. The van der Waals surface area contributed by atoms with E-state index in [9.17, 15) is 14.7 Å². The monoisotopic (exact) mass is 317 g/mol. The second kappa shape index (κ2) is 6.86. The summed E-state index contributed by atoms with van der Waals surface area (Å²) in [5.74, 6) is -0.621. The van der Waals surface area contributed by atoms with Gasteiger partial charge in [0, 0.05) is 12.1 Å². The van der Waals surface area contributed by atoms with Crippen molar-refractivity contribution >= 4 is 11.9 Å². The third kappa shape index (κ3) is 3.73. The third-order valence-corrected chi connectivity index (χ3v) is 4.17. The lowest BCUT2D eigenvalue weighted by atomic mass is 9.98. The Morgan fingerprint density at radius 1 is 1.39 bits per heavy atom. The number of benzene rings is 1. The maximum absolute atomic E-state index is 12.7.